The third kappa shape index (κ3) is 11.2. The highest BCUT2D eigenvalue weighted by Gasteiger charge is 2.00. The molecule has 9 heteroatoms. The van der Waals surface area contributed by atoms with Crippen LogP contribution in [0.15, 0.2) is 29.6 Å². The van der Waals surface area contributed by atoms with E-state index in [4.69, 9.17) is 24.4 Å². The minimum Gasteiger partial charge on any atom is -0.394 e. The maximum absolute atomic E-state index is 8.88. The Balaban J connectivity index is 0.000000494. The van der Waals surface area contributed by atoms with Gasteiger partial charge in [0.2, 0.25) is 0 Å². The number of pyridine rings is 1. The topological polar surface area (TPSA) is 135 Å². The van der Waals surface area contributed by atoms with E-state index in [9.17, 15) is 0 Å². The van der Waals surface area contributed by atoms with Crippen LogP contribution in [0.25, 0.3) is 0 Å². The quantitative estimate of drug-likeness (QED) is 0.216. The molecule has 0 aliphatic carbocycles. The van der Waals surface area contributed by atoms with E-state index < -0.39 is 7.82 Å². The molecule has 1 aromatic rings. The van der Waals surface area contributed by atoms with Crippen LogP contribution in [0.1, 0.15) is 12.5 Å². The number of hydrogen-bond donors (Lipinski definition) is 5. The van der Waals surface area contributed by atoms with Crippen molar-refractivity contribution in [1.82, 2.24) is 10.4 Å². The number of hydrogen-bond acceptors (Lipinski definition) is 5. The van der Waals surface area contributed by atoms with Gasteiger partial charge in [-0.05, 0) is 19.1 Å². The van der Waals surface area contributed by atoms with E-state index in [-0.39, 0.29) is 6.61 Å². The van der Waals surface area contributed by atoms with E-state index in [1.54, 1.807) is 12.4 Å². The van der Waals surface area contributed by atoms with Crippen LogP contribution in [0.2, 0.25) is 0 Å². The summed E-state index contributed by atoms with van der Waals surface area (Å²) in [6.45, 7) is 2.47. The largest absolute Gasteiger partial charge is 0.466 e. The second kappa shape index (κ2) is 8.73. The third-order valence-electron chi connectivity index (χ3n) is 1.57. The van der Waals surface area contributed by atoms with Gasteiger partial charge in [-0.15, -0.1) is 0 Å². The molecule has 0 aliphatic heterocycles. The van der Waals surface area contributed by atoms with Gasteiger partial charge in [0, 0.05) is 18.0 Å². The smallest absolute Gasteiger partial charge is 0.394 e. The Morgan fingerprint density at radius 2 is 1.89 bits per heavy atom. The third-order valence-corrected chi connectivity index (χ3v) is 1.57. The number of nitrogens with zero attached hydrogens (tertiary/aromatic N) is 2. The summed E-state index contributed by atoms with van der Waals surface area (Å²) in [6.07, 6.45) is 3.45. The summed E-state index contributed by atoms with van der Waals surface area (Å²) in [5.74, 6) is 0. The van der Waals surface area contributed by atoms with Gasteiger partial charge < -0.3 is 25.2 Å². The Bertz CT molecular complexity index is 398. The number of phosphoric acid groups is 1. The fraction of sp³-hybridized carbons (Fsp3) is 0.333. The second-order valence-corrected chi connectivity index (χ2v) is 4.10. The molecule has 102 valence electrons. The van der Waals surface area contributed by atoms with Crippen LogP contribution in [0.3, 0.4) is 0 Å². The molecule has 5 N–H and O–H groups in total. The van der Waals surface area contributed by atoms with Crippen molar-refractivity contribution in [3.63, 3.8) is 0 Å². The second-order valence-electron chi connectivity index (χ2n) is 3.08. The molecular formula is C9H16N3O5P. The lowest BCUT2D eigenvalue weighted by molar-refractivity contribution is 0.275. The fourth-order valence-electron chi connectivity index (χ4n) is 0.882. The van der Waals surface area contributed by atoms with Gasteiger partial charge in [-0.25, -0.2) is 4.57 Å². The van der Waals surface area contributed by atoms with Crippen LogP contribution in [-0.2, 0) is 4.57 Å². The summed E-state index contributed by atoms with van der Waals surface area (Å²) in [5.41, 5.74) is 4.66. The highest BCUT2D eigenvalue weighted by Crippen LogP contribution is 2.25. The van der Waals surface area contributed by atoms with Gasteiger partial charge in [0.1, 0.15) is 0 Å². The van der Waals surface area contributed by atoms with Crippen LogP contribution in [0, 0.1) is 0 Å². The lowest BCUT2D eigenvalue weighted by Crippen LogP contribution is -2.13. The maximum Gasteiger partial charge on any atom is 0.466 e. The minimum absolute atomic E-state index is 0.0904. The van der Waals surface area contributed by atoms with Crippen LogP contribution in [0.4, 0.5) is 0 Å². The number of aromatic nitrogens is 1. The van der Waals surface area contributed by atoms with E-state index in [0.29, 0.717) is 6.54 Å². The molecule has 0 aliphatic rings. The number of aliphatic hydroxyl groups excluding tert-OH is 1. The van der Waals surface area contributed by atoms with Gasteiger partial charge in [-0.1, -0.05) is 0 Å². The number of aliphatic hydroxyl groups is 1. The zero-order valence-corrected chi connectivity index (χ0v) is 10.7. The fourth-order valence-corrected chi connectivity index (χ4v) is 0.882. The first kappa shape index (κ1) is 16.7. The molecule has 1 heterocycles. The first-order chi connectivity index (χ1) is 8.34. The van der Waals surface area contributed by atoms with Gasteiger partial charge >= 0.3 is 7.82 Å². The maximum atomic E-state index is 8.88. The number of rotatable bonds is 4. The Morgan fingerprint density at radius 3 is 2.33 bits per heavy atom. The molecule has 1 aromatic heterocycles. The summed E-state index contributed by atoms with van der Waals surface area (Å²) in [4.78, 5) is 25.5. The highest BCUT2D eigenvalue weighted by molar-refractivity contribution is 7.45. The molecule has 0 atom stereocenters. The van der Waals surface area contributed by atoms with Crippen LogP contribution < -0.4 is 5.43 Å². The number of hydrazone groups is 1. The molecule has 0 radical (unpaired) electrons. The monoisotopic (exact) mass is 277 g/mol. The number of nitrogens with one attached hydrogen (secondary N) is 1. The molecule has 0 saturated carbocycles. The Hall–Kier alpha value is -1.31. The van der Waals surface area contributed by atoms with Gasteiger partial charge in [0.15, 0.2) is 0 Å². The van der Waals surface area contributed by atoms with Crippen LogP contribution in [0.5, 0.6) is 0 Å². The van der Waals surface area contributed by atoms with Gasteiger partial charge in [0.25, 0.3) is 0 Å². The molecule has 0 saturated heterocycles. The lowest BCUT2D eigenvalue weighted by Gasteiger charge is -2.00. The molecule has 0 fully saturated rings. The predicted molar refractivity (Wildman–Crippen MR) is 65.8 cm³/mol. The van der Waals surface area contributed by atoms with E-state index >= 15 is 0 Å². The lowest BCUT2D eigenvalue weighted by atomic mass is 10.2. The van der Waals surface area contributed by atoms with Gasteiger partial charge in [0.05, 0.1) is 18.9 Å². The SMILES string of the molecule is CC(=NNCCO)c1ccncc1.O=P(O)(O)O. The van der Waals surface area contributed by atoms with Crippen molar-refractivity contribution < 1.29 is 24.4 Å². The van der Waals surface area contributed by atoms with Crippen LogP contribution >= 0.6 is 7.82 Å². The van der Waals surface area contributed by atoms with Crippen molar-refractivity contribution in [2.75, 3.05) is 13.2 Å². The molecule has 0 unspecified atom stereocenters. The summed E-state index contributed by atoms with van der Waals surface area (Å²) in [7, 11) is -4.64. The Labute approximate surface area is 104 Å². The summed E-state index contributed by atoms with van der Waals surface area (Å²) >= 11 is 0. The summed E-state index contributed by atoms with van der Waals surface area (Å²) < 4.78 is 8.88. The molecule has 1 rings (SSSR count). The molecule has 8 nitrogen and oxygen atoms in total. The predicted octanol–water partition coefficient (Wildman–Crippen LogP) is -0.541. The molecule has 0 spiro atoms. The first-order valence-electron chi connectivity index (χ1n) is 4.91. The Morgan fingerprint density at radius 1 is 1.39 bits per heavy atom. The zero-order valence-electron chi connectivity index (χ0n) is 9.76. The van der Waals surface area contributed by atoms with Crippen molar-refractivity contribution in [1.29, 1.82) is 0 Å². The van der Waals surface area contributed by atoms with E-state index in [1.165, 1.54) is 0 Å². The summed E-state index contributed by atoms with van der Waals surface area (Å²) in [6, 6.07) is 3.78. The minimum atomic E-state index is -4.64. The molecular weight excluding hydrogens is 261 g/mol. The van der Waals surface area contributed by atoms with E-state index in [0.717, 1.165) is 11.3 Å². The van der Waals surface area contributed by atoms with Crippen molar-refractivity contribution in [2.45, 2.75) is 6.92 Å². The van der Waals surface area contributed by atoms with E-state index in [2.05, 4.69) is 15.5 Å². The standard InChI is InChI=1S/C9H13N3O.H3O4P/c1-8(12-11-6-7-13)9-2-4-10-5-3-9;1-5(2,3)4/h2-5,11,13H,6-7H2,1H3;(H3,1,2,3,4). The Kier molecular flexibility index (Phi) is 8.10. The zero-order chi connectivity index (χ0) is 14.0. The van der Waals surface area contributed by atoms with Crippen LogP contribution in [-0.4, -0.2) is 43.6 Å². The average Bonchev–Trinajstić information content (AvgIpc) is 2.28. The molecule has 0 bridgehead atoms. The highest BCUT2D eigenvalue weighted by atomic mass is 31.2. The van der Waals surface area contributed by atoms with Crippen molar-refractivity contribution >= 4 is 13.5 Å². The van der Waals surface area contributed by atoms with Crippen molar-refractivity contribution in [2.24, 2.45) is 5.10 Å². The molecule has 18 heavy (non-hydrogen) atoms. The first-order valence-corrected chi connectivity index (χ1v) is 6.48. The van der Waals surface area contributed by atoms with Gasteiger partial charge in [-0.3, -0.25) is 4.98 Å². The molecule has 0 aromatic carbocycles. The molecule has 0 amide bonds. The van der Waals surface area contributed by atoms with Crippen molar-refractivity contribution in [3.05, 3.63) is 30.1 Å². The summed E-state index contributed by atoms with van der Waals surface area (Å²) in [5, 5.41) is 12.6. The average molecular weight is 277 g/mol. The normalized spacial score (nSPS) is 11.5. The van der Waals surface area contributed by atoms with Gasteiger partial charge in [-0.2, -0.15) is 5.10 Å². The van der Waals surface area contributed by atoms with E-state index in [1.807, 2.05) is 19.1 Å². The van der Waals surface area contributed by atoms with Crippen molar-refractivity contribution in [3.8, 4) is 0 Å².